The summed E-state index contributed by atoms with van der Waals surface area (Å²) in [5.74, 6) is -0.297. The monoisotopic (exact) mass is 337 g/mol. The van der Waals surface area contributed by atoms with E-state index in [0.29, 0.717) is 12.1 Å². The molecule has 0 aliphatic carbocycles. The molecule has 2 N–H and O–H groups in total. The van der Waals surface area contributed by atoms with E-state index in [1.807, 2.05) is 31.2 Å². The second-order valence-electron chi connectivity index (χ2n) is 4.74. The van der Waals surface area contributed by atoms with Crippen LogP contribution in [-0.4, -0.2) is 11.7 Å². The number of nitrogens with one attached hydrogen (secondary N) is 1. The Morgan fingerprint density at radius 3 is 2.45 bits per heavy atom. The molecule has 0 aromatic heterocycles. The first-order valence-electron chi connectivity index (χ1n) is 6.50. The first-order chi connectivity index (χ1) is 9.59. The molecular formula is C16H17BrFNO. The Hall–Kier alpha value is -1.39. The van der Waals surface area contributed by atoms with E-state index in [0.717, 1.165) is 10.0 Å². The third kappa shape index (κ3) is 3.19. The number of aliphatic hydroxyl groups excluding tert-OH is 1. The Morgan fingerprint density at radius 1 is 1.20 bits per heavy atom. The molecule has 20 heavy (non-hydrogen) atoms. The molecule has 0 radical (unpaired) electrons. The van der Waals surface area contributed by atoms with Gasteiger partial charge in [0.05, 0.1) is 12.1 Å². The van der Waals surface area contributed by atoms with Gasteiger partial charge < -0.3 is 10.4 Å². The molecule has 0 aliphatic heterocycles. The summed E-state index contributed by atoms with van der Waals surface area (Å²) in [7, 11) is 0. The zero-order valence-corrected chi connectivity index (χ0v) is 12.8. The quantitative estimate of drug-likeness (QED) is 0.852. The van der Waals surface area contributed by atoms with Crippen LogP contribution in [0.2, 0.25) is 0 Å². The second-order valence-corrected chi connectivity index (χ2v) is 5.65. The average molecular weight is 338 g/mol. The highest BCUT2D eigenvalue weighted by molar-refractivity contribution is 9.10. The van der Waals surface area contributed by atoms with Crippen LogP contribution in [0, 0.1) is 5.82 Å². The molecule has 2 aromatic carbocycles. The Balaban J connectivity index is 2.36. The van der Waals surface area contributed by atoms with Crippen LogP contribution in [-0.2, 0) is 5.54 Å². The predicted molar refractivity (Wildman–Crippen MR) is 83.2 cm³/mol. The van der Waals surface area contributed by atoms with Crippen molar-refractivity contribution in [2.45, 2.75) is 18.9 Å². The van der Waals surface area contributed by atoms with Gasteiger partial charge in [-0.15, -0.1) is 0 Å². The van der Waals surface area contributed by atoms with Gasteiger partial charge in [-0.3, -0.25) is 0 Å². The van der Waals surface area contributed by atoms with Crippen molar-refractivity contribution >= 4 is 21.6 Å². The molecule has 4 heteroatoms. The third-order valence-corrected chi connectivity index (χ3v) is 4.01. The number of aliphatic hydroxyl groups is 1. The van der Waals surface area contributed by atoms with Gasteiger partial charge in [0.25, 0.3) is 0 Å². The fraction of sp³-hybridized carbons (Fsp3) is 0.250. The summed E-state index contributed by atoms with van der Waals surface area (Å²) in [4.78, 5) is 0. The highest BCUT2D eigenvalue weighted by Crippen LogP contribution is 2.30. The van der Waals surface area contributed by atoms with Gasteiger partial charge in [-0.25, -0.2) is 4.39 Å². The van der Waals surface area contributed by atoms with Crippen molar-refractivity contribution in [1.82, 2.24) is 0 Å². The number of hydrogen-bond acceptors (Lipinski definition) is 2. The zero-order chi connectivity index (χ0) is 14.6. The van der Waals surface area contributed by atoms with Crippen LogP contribution in [0.4, 0.5) is 10.1 Å². The highest BCUT2D eigenvalue weighted by Gasteiger charge is 2.29. The molecule has 0 saturated carbocycles. The normalized spacial score (nSPS) is 13.8. The van der Waals surface area contributed by atoms with E-state index < -0.39 is 5.54 Å². The van der Waals surface area contributed by atoms with Gasteiger partial charge in [-0.2, -0.15) is 0 Å². The Bertz CT molecular complexity index is 567. The maximum atomic E-state index is 13.3. The van der Waals surface area contributed by atoms with Crippen LogP contribution >= 0.6 is 15.9 Å². The van der Waals surface area contributed by atoms with Crippen LogP contribution < -0.4 is 5.32 Å². The first kappa shape index (κ1) is 15.0. The molecule has 0 bridgehead atoms. The van der Waals surface area contributed by atoms with Crippen molar-refractivity contribution in [3.8, 4) is 0 Å². The molecule has 0 aliphatic rings. The van der Waals surface area contributed by atoms with Gasteiger partial charge >= 0.3 is 0 Å². The molecule has 1 unspecified atom stereocenters. The van der Waals surface area contributed by atoms with E-state index in [1.54, 1.807) is 12.1 Å². The maximum absolute atomic E-state index is 13.3. The van der Waals surface area contributed by atoms with Gasteiger partial charge in [-0.05, 0) is 42.3 Å². The zero-order valence-electron chi connectivity index (χ0n) is 11.2. The van der Waals surface area contributed by atoms with Crippen molar-refractivity contribution < 1.29 is 9.50 Å². The van der Waals surface area contributed by atoms with Crippen LogP contribution in [0.1, 0.15) is 18.9 Å². The Labute approximate surface area is 126 Å². The molecular weight excluding hydrogens is 321 g/mol. The van der Waals surface area contributed by atoms with Gasteiger partial charge in [0.15, 0.2) is 0 Å². The molecule has 2 aromatic rings. The lowest BCUT2D eigenvalue weighted by atomic mass is 9.87. The summed E-state index contributed by atoms with van der Waals surface area (Å²) in [6.07, 6.45) is 0.682. The lowest BCUT2D eigenvalue weighted by Crippen LogP contribution is -2.38. The van der Waals surface area contributed by atoms with Gasteiger partial charge in [0.2, 0.25) is 0 Å². The molecule has 0 saturated heterocycles. The average Bonchev–Trinajstić information content (AvgIpc) is 2.46. The van der Waals surface area contributed by atoms with Crippen molar-refractivity contribution in [2.75, 3.05) is 11.9 Å². The van der Waals surface area contributed by atoms with Crippen molar-refractivity contribution in [3.05, 3.63) is 64.4 Å². The van der Waals surface area contributed by atoms with Gasteiger partial charge in [0, 0.05) is 10.2 Å². The molecule has 1 atom stereocenters. The first-order valence-corrected chi connectivity index (χ1v) is 7.29. The molecule has 0 heterocycles. The van der Waals surface area contributed by atoms with E-state index in [-0.39, 0.29) is 12.4 Å². The Kier molecular flexibility index (Phi) is 4.78. The Morgan fingerprint density at radius 2 is 1.90 bits per heavy atom. The summed E-state index contributed by atoms with van der Waals surface area (Å²) in [5, 5.41) is 13.1. The topological polar surface area (TPSA) is 32.3 Å². The van der Waals surface area contributed by atoms with Gasteiger partial charge in [-0.1, -0.05) is 41.1 Å². The van der Waals surface area contributed by atoms with Crippen molar-refractivity contribution in [3.63, 3.8) is 0 Å². The van der Waals surface area contributed by atoms with Crippen LogP contribution in [0.5, 0.6) is 0 Å². The molecule has 106 valence electrons. The molecule has 0 spiro atoms. The standard InChI is InChI=1S/C16H17BrFNO/c1-2-16(11-20,12-6-8-13(17)9-7-12)19-15-5-3-4-14(18)10-15/h3-10,19-20H,2,11H2,1H3. The number of hydrogen-bond donors (Lipinski definition) is 2. The van der Waals surface area contributed by atoms with E-state index in [4.69, 9.17) is 0 Å². The fourth-order valence-corrected chi connectivity index (χ4v) is 2.48. The van der Waals surface area contributed by atoms with Crippen molar-refractivity contribution in [2.24, 2.45) is 0 Å². The molecule has 2 rings (SSSR count). The summed E-state index contributed by atoms with van der Waals surface area (Å²) < 4.78 is 14.3. The summed E-state index contributed by atoms with van der Waals surface area (Å²) in [5.41, 5.74) is 1.01. The lowest BCUT2D eigenvalue weighted by molar-refractivity contribution is 0.207. The van der Waals surface area contributed by atoms with E-state index >= 15 is 0 Å². The summed E-state index contributed by atoms with van der Waals surface area (Å²) in [6, 6.07) is 14.0. The smallest absolute Gasteiger partial charge is 0.125 e. The molecule has 0 fully saturated rings. The molecule has 0 amide bonds. The van der Waals surface area contributed by atoms with Crippen LogP contribution in [0.3, 0.4) is 0 Å². The van der Waals surface area contributed by atoms with Crippen LogP contribution in [0.15, 0.2) is 53.0 Å². The second kappa shape index (κ2) is 6.37. The number of rotatable bonds is 5. The fourth-order valence-electron chi connectivity index (χ4n) is 2.22. The minimum Gasteiger partial charge on any atom is -0.394 e. The molecule has 2 nitrogen and oxygen atoms in total. The van der Waals surface area contributed by atoms with E-state index in [2.05, 4.69) is 21.2 Å². The third-order valence-electron chi connectivity index (χ3n) is 3.48. The SMILES string of the molecule is CCC(CO)(Nc1cccc(F)c1)c1ccc(Br)cc1. The predicted octanol–water partition coefficient (Wildman–Crippen LogP) is 4.30. The van der Waals surface area contributed by atoms with Crippen LogP contribution in [0.25, 0.3) is 0 Å². The lowest BCUT2D eigenvalue weighted by Gasteiger charge is -2.33. The minimum absolute atomic E-state index is 0.0678. The van der Waals surface area contributed by atoms with E-state index in [9.17, 15) is 9.50 Å². The summed E-state index contributed by atoms with van der Waals surface area (Å²) >= 11 is 3.40. The van der Waals surface area contributed by atoms with Gasteiger partial charge in [0.1, 0.15) is 5.82 Å². The van der Waals surface area contributed by atoms with E-state index in [1.165, 1.54) is 12.1 Å². The number of anilines is 1. The number of halogens is 2. The minimum atomic E-state index is -0.617. The maximum Gasteiger partial charge on any atom is 0.125 e. The number of benzene rings is 2. The highest BCUT2D eigenvalue weighted by atomic mass is 79.9. The summed E-state index contributed by atoms with van der Waals surface area (Å²) in [6.45, 7) is 1.92. The van der Waals surface area contributed by atoms with Crippen molar-refractivity contribution in [1.29, 1.82) is 0 Å². The largest absolute Gasteiger partial charge is 0.394 e.